The average molecular weight is 422 g/mol. The van der Waals surface area contributed by atoms with E-state index in [0.29, 0.717) is 21.8 Å². The highest BCUT2D eigenvalue weighted by molar-refractivity contribution is 7.11. The van der Waals surface area contributed by atoms with Crippen LogP contribution in [0.1, 0.15) is 10.6 Å². The lowest BCUT2D eigenvalue weighted by atomic mass is 10.1. The second-order valence-corrected chi connectivity index (χ2v) is 7.03. The van der Waals surface area contributed by atoms with Gasteiger partial charge in [0.15, 0.2) is 5.75 Å². The van der Waals surface area contributed by atoms with E-state index < -0.39 is 4.92 Å². The van der Waals surface area contributed by atoms with Gasteiger partial charge in [-0.15, -0.1) is 11.3 Å². The highest BCUT2D eigenvalue weighted by atomic mass is 32.1. The molecule has 3 aromatic rings. The Morgan fingerprint density at radius 3 is 2.60 bits per heavy atom. The van der Waals surface area contributed by atoms with Gasteiger partial charge in [0, 0.05) is 35.0 Å². The number of allylic oxidation sites excluding steroid dienone is 1. The number of nitriles is 1. The van der Waals surface area contributed by atoms with Gasteiger partial charge in [0.25, 0.3) is 0 Å². The fourth-order valence-corrected chi connectivity index (χ4v) is 3.51. The Morgan fingerprint density at radius 1 is 1.27 bits per heavy atom. The summed E-state index contributed by atoms with van der Waals surface area (Å²) in [4.78, 5) is 15.2. The number of aromatic nitrogens is 1. The predicted octanol–water partition coefficient (Wildman–Crippen LogP) is 5.02. The minimum atomic E-state index is -0.498. The van der Waals surface area contributed by atoms with Crippen molar-refractivity contribution < 1.29 is 14.4 Å². The van der Waals surface area contributed by atoms with Crippen LogP contribution in [0.25, 0.3) is 16.8 Å². The van der Waals surface area contributed by atoms with E-state index in [-0.39, 0.29) is 11.4 Å². The highest BCUT2D eigenvalue weighted by Crippen LogP contribution is 2.33. The molecule has 0 saturated heterocycles. The molecule has 0 spiro atoms. The normalized spacial score (nSPS) is 10.9. The number of nitro benzene ring substituents is 1. The number of benzene rings is 2. The first-order valence-electron chi connectivity index (χ1n) is 8.77. The molecule has 0 atom stereocenters. The van der Waals surface area contributed by atoms with E-state index in [1.807, 2.05) is 29.6 Å². The van der Waals surface area contributed by atoms with Crippen molar-refractivity contribution >= 4 is 28.3 Å². The van der Waals surface area contributed by atoms with Crippen LogP contribution in [-0.4, -0.2) is 24.1 Å². The molecule has 0 radical (unpaired) electrons. The number of rotatable bonds is 7. The molecule has 0 aliphatic carbocycles. The summed E-state index contributed by atoms with van der Waals surface area (Å²) in [7, 11) is 2.98. The van der Waals surface area contributed by atoms with Gasteiger partial charge in [-0.1, -0.05) is 0 Å². The fraction of sp³-hybridized carbons (Fsp3) is 0.143. The van der Waals surface area contributed by atoms with Crippen LogP contribution >= 0.6 is 11.3 Å². The number of nitrogens with one attached hydrogen (secondary N) is 1. The number of hydrogen-bond acceptors (Lipinski definition) is 8. The summed E-state index contributed by atoms with van der Waals surface area (Å²) in [6.45, 7) is 1.74. The summed E-state index contributed by atoms with van der Waals surface area (Å²) in [5, 5.41) is 26.2. The number of anilines is 1. The topological polar surface area (TPSA) is 110 Å². The Morgan fingerprint density at radius 2 is 2.00 bits per heavy atom. The van der Waals surface area contributed by atoms with E-state index in [9.17, 15) is 15.4 Å². The molecule has 0 amide bonds. The number of hydrogen-bond donors (Lipinski definition) is 1. The van der Waals surface area contributed by atoms with Gasteiger partial charge in [-0.2, -0.15) is 5.26 Å². The minimum absolute atomic E-state index is 0.117. The van der Waals surface area contributed by atoms with Crippen LogP contribution in [0.5, 0.6) is 11.5 Å². The molecule has 0 saturated carbocycles. The zero-order valence-corrected chi connectivity index (χ0v) is 17.3. The van der Waals surface area contributed by atoms with E-state index in [0.717, 1.165) is 17.0 Å². The van der Waals surface area contributed by atoms with E-state index >= 15 is 0 Å². The summed E-state index contributed by atoms with van der Waals surface area (Å²) in [5.41, 5.74) is 3.14. The number of thiazole rings is 1. The van der Waals surface area contributed by atoms with Gasteiger partial charge in [-0.25, -0.2) is 4.98 Å². The van der Waals surface area contributed by atoms with Gasteiger partial charge in [0.2, 0.25) is 0 Å². The largest absolute Gasteiger partial charge is 0.497 e. The van der Waals surface area contributed by atoms with Crippen molar-refractivity contribution in [2.24, 2.45) is 0 Å². The second kappa shape index (κ2) is 9.07. The van der Waals surface area contributed by atoms with Crippen molar-refractivity contribution in [2.45, 2.75) is 6.92 Å². The molecule has 0 fully saturated rings. The molecule has 152 valence electrons. The molecule has 1 heterocycles. The molecule has 2 aromatic carbocycles. The molecule has 0 bridgehead atoms. The Kier molecular flexibility index (Phi) is 6.29. The molecule has 3 rings (SSSR count). The highest BCUT2D eigenvalue weighted by Gasteiger charge is 2.17. The lowest BCUT2D eigenvalue weighted by molar-refractivity contribution is -0.385. The Hall–Kier alpha value is -3.90. The Balaban J connectivity index is 1.86. The van der Waals surface area contributed by atoms with Crippen LogP contribution < -0.4 is 14.8 Å². The van der Waals surface area contributed by atoms with Crippen LogP contribution in [0.3, 0.4) is 0 Å². The smallest absolute Gasteiger partial charge is 0.311 e. The SMILES string of the molecule is COc1ccc(-c2csc(/C(C#N)=C/Nc3cc(OC)c([N+](=O)[O-])cc3C)n2)cc1. The Bertz CT molecular complexity index is 1150. The fourth-order valence-electron chi connectivity index (χ4n) is 2.72. The second-order valence-electron chi connectivity index (χ2n) is 6.18. The third-order valence-electron chi connectivity index (χ3n) is 4.34. The number of aryl methyl sites for hydroxylation is 1. The maximum atomic E-state index is 11.1. The molecule has 0 aliphatic heterocycles. The van der Waals surface area contributed by atoms with E-state index in [4.69, 9.17) is 9.47 Å². The lowest BCUT2D eigenvalue weighted by Crippen LogP contribution is -1.99. The van der Waals surface area contributed by atoms with Gasteiger partial charge >= 0.3 is 5.69 Å². The molecule has 30 heavy (non-hydrogen) atoms. The van der Waals surface area contributed by atoms with Crippen LogP contribution in [-0.2, 0) is 0 Å². The van der Waals surface area contributed by atoms with Gasteiger partial charge in [-0.05, 0) is 36.8 Å². The first kappa shape index (κ1) is 20.8. The van der Waals surface area contributed by atoms with Crippen molar-refractivity contribution in [3.63, 3.8) is 0 Å². The summed E-state index contributed by atoms with van der Waals surface area (Å²) in [5.74, 6) is 0.890. The number of nitro groups is 1. The summed E-state index contributed by atoms with van der Waals surface area (Å²) < 4.78 is 10.3. The summed E-state index contributed by atoms with van der Waals surface area (Å²) in [6, 6.07) is 12.6. The number of nitrogens with zero attached hydrogens (tertiary/aromatic N) is 3. The maximum Gasteiger partial charge on any atom is 0.311 e. The summed E-state index contributed by atoms with van der Waals surface area (Å²) in [6.07, 6.45) is 1.53. The first-order valence-corrected chi connectivity index (χ1v) is 9.65. The standard InChI is InChI=1S/C21H18N4O4S/c1-13-8-19(25(26)27)20(29-3)9-17(13)23-11-15(10-22)21-24-18(12-30-21)14-4-6-16(28-2)7-5-14/h4-9,11-12,23H,1-3H3/b15-11+. The van der Waals surface area contributed by atoms with Crippen molar-refractivity contribution in [1.29, 1.82) is 5.26 Å². The minimum Gasteiger partial charge on any atom is -0.497 e. The third-order valence-corrected chi connectivity index (χ3v) is 5.21. The molecule has 0 unspecified atom stereocenters. The number of methoxy groups -OCH3 is 2. The Labute approximate surface area is 177 Å². The maximum absolute atomic E-state index is 11.1. The number of ether oxygens (including phenoxy) is 2. The molecule has 8 nitrogen and oxygen atoms in total. The van der Waals surface area contributed by atoms with Gasteiger partial charge in [0.1, 0.15) is 22.4 Å². The molecular formula is C21H18N4O4S. The van der Waals surface area contributed by atoms with Crippen LogP contribution in [0.15, 0.2) is 48.0 Å². The molecule has 9 heteroatoms. The zero-order chi connectivity index (χ0) is 21.7. The summed E-state index contributed by atoms with van der Waals surface area (Å²) >= 11 is 1.35. The van der Waals surface area contributed by atoms with Crippen molar-refractivity contribution in [1.82, 2.24) is 4.98 Å². The van der Waals surface area contributed by atoms with Gasteiger partial charge in [-0.3, -0.25) is 10.1 Å². The first-order chi connectivity index (χ1) is 14.5. The lowest BCUT2D eigenvalue weighted by Gasteiger charge is -2.09. The van der Waals surface area contributed by atoms with E-state index in [1.165, 1.54) is 36.8 Å². The van der Waals surface area contributed by atoms with Gasteiger partial charge in [0.05, 0.1) is 24.8 Å². The van der Waals surface area contributed by atoms with Gasteiger partial charge < -0.3 is 14.8 Å². The van der Waals surface area contributed by atoms with Crippen LogP contribution in [0.2, 0.25) is 0 Å². The van der Waals surface area contributed by atoms with E-state index in [1.54, 1.807) is 14.0 Å². The van der Waals surface area contributed by atoms with Crippen LogP contribution in [0.4, 0.5) is 11.4 Å². The predicted molar refractivity (Wildman–Crippen MR) is 116 cm³/mol. The molecule has 1 N–H and O–H groups in total. The average Bonchev–Trinajstić information content (AvgIpc) is 3.24. The van der Waals surface area contributed by atoms with Crippen molar-refractivity contribution in [2.75, 3.05) is 19.5 Å². The van der Waals surface area contributed by atoms with E-state index in [2.05, 4.69) is 16.4 Å². The quantitative estimate of drug-likeness (QED) is 0.323. The molecule has 1 aromatic heterocycles. The third kappa shape index (κ3) is 4.39. The monoisotopic (exact) mass is 422 g/mol. The molecular weight excluding hydrogens is 404 g/mol. The zero-order valence-electron chi connectivity index (χ0n) is 16.5. The van der Waals surface area contributed by atoms with Crippen molar-refractivity contribution in [3.05, 3.63) is 68.7 Å². The van der Waals surface area contributed by atoms with Crippen LogP contribution in [0, 0.1) is 28.4 Å². The molecule has 0 aliphatic rings. The van der Waals surface area contributed by atoms with Crippen molar-refractivity contribution in [3.8, 4) is 28.8 Å².